The lowest BCUT2D eigenvalue weighted by molar-refractivity contribution is -0.133. The maximum Gasteiger partial charge on any atom is 0.410 e. The number of carbonyl (C=O) groups excluding carboxylic acids is 6. The van der Waals surface area contributed by atoms with Crippen LogP contribution in [0.4, 0.5) is 14.4 Å². The summed E-state index contributed by atoms with van der Waals surface area (Å²) >= 11 is 0. The van der Waals surface area contributed by atoms with Crippen LogP contribution < -0.4 is 16.4 Å². The molecule has 0 bridgehead atoms. The van der Waals surface area contributed by atoms with Gasteiger partial charge in [-0.2, -0.15) is 0 Å². The summed E-state index contributed by atoms with van der Waals surface area (Å²) in [5.74, 6) is -1.65. The highest BCUT2D eigenvalue weighted by molar-refractivity contribution is 5.92. The molecule has 57 heavy (non-hydrogen) atoms. The van der Waals surface area contributed by atoms with Crippen molar-refractivity contribution in [3.05, 3.63) is 47.3 Å². The number of nitrogens with two attached hydrogens (primary N) is 1. The Morgan fingerprint density at radius 2 is 1.51 bits per heavy atom. The predicted molar refractivity (Wildman–Crippen MR) is 213 cm³/mol. The average molecular weight is 801 g/mol. The van der Waals surface area contributed by atoms with Gasteiger partial charge in [0.2, 0.25) is 5.91 Å². The van der Waals surface area contributed by atoms with Crippen molar-refractivity contribution < 1.29 is 43.0 Å². The molecule has 4 N–H and O–H groups in total. The number of likely N-dealkylation sites (N-methyl/N-ethyl adjacent to an activating group) is 2. The van der Waals surface area contributed by atoms with E-state index in [1.54, 1.807) is 70.0 Å². The molecule has 318 valence electrons. The fourth-order valence-corrected chi connectivity index (χ4v) is 5.30. The zero-order valence-electron chi connectivity index (χ0n) is 35.4. The lowest BCUT2D eigenvalue weighted by atomic mass is 9.88. The Morgan fingerprint density at radius 3 is 2.07 bits per heavy atom. The standard InChI is InChI=1S/C40H64N8O9/c1-27(2)32(23-31(49)17-21-55-26-30-24-48(45-44-30)39(3,4)5)35(51)43-33(12-11-18-42-36(41)52)34(50)22-28-13-15-29(16-14-28)25-56-37(53)46(9)19-20-47(10)38(54)57-40(6,7)8/h13-16,24,27,32-33H,11-12,17-23,25-26H2,1-10H3,(H,43,51)(H3,41,42,52)/t32-,33-/m0/s1. The smallest absolute Gasteiger partial charge is 0.410 e. The normalized spacial score (nSPS) is 12.7. The van der Waals surface area contributed by atoms with Gasteiger partial charge in [0.25, 0.3) is 0 Å². The fourth-order valence-electron chi connectivity index (χ4n) is 5.30. The van der Waals surface area contributed by atoms with Crippen LogP contribution >= 0.6 is 0 Å². The molecule has 1 aromatic carbocycles. The van der Waals surface area contributed by atoms with Gasteiger partial charge in [-0.25, -0.2) is 19.1 Å². The molecule has 2 aromatic rings. The van der Waals surface area contributed by atoms with Crippen molar-refractivity contribution in [2.24, 2.45) is 17.6 Å². The molecule has 0 aliphatic rings. The zero-order chi connectivity index (χ0) is 42.9. The maximum atomic E-state index is 13.6. The van der Waals surface area contributed by atoms with Gasteiger partial charge in [-0.15, -0.1) is 5.10 Å². The Hall–Kier alpha value is -5.06. The molecule has 17 heteroatoms. The van der Waals surface area contributed by atoms with E-state index < -0.39 is 41.7 Å². The zero-order valence-corrected chi connectivity index (χ0v) is 35.4. The van der Waals surface area contributed by atoms with Crippen LogP contribution in [0.15, 0.2) is 30.5 Å². The number of primary amides is 1. The summed E-state index contributed by atoms with van der Waals surface area (Å²) in [7, 11) is 3.16. The van der Waals surface area contributed by atoms with Crippen LogP contribution in [0.1, 0.15) is 97.9 Å². The Labute approximate surface area is 336 Å². The van der Waals surface area contributed by atoms with Crippen molar-refractivity contribution in [3.8, 4) is 0 Å². The minimum atomic E-state index is -0.876. The molecule has 0 aliphatic heterocycles. The molecule has 17 nitrogen and oxygen atoms in total. The van der Waals surface area contributed by atoms with Crippen molar-refractivity contribution in [2.45, 2.75) is 118 Å². The number of hydrogen-bond acceptors (Lipinski definition) is 11. The largest absolute Gasteiger partial charge is 0.445 e. The van der Waals surface area contributed by atoms with Crippen LogP contribution in [0, 0.1) is 11.8 Å². The molecule has 0 spiro atoms. The number of benzene rings is 1. The third kappa shape index (κ3) is 18.6. The second-order valence-corrected chi connectivity index (χ2v) is 16.6. The molecule has 5 amide bonds. The number of amides is 5. The van der Waals surface area contributed by atoms with Crippen LogP contribution in [0.5, 0.6) is 0 Å². The molecular weight excluding hydrogens is 736 g/mol. The van der Waals surface area contributed by atoms with Crippen molar-refractivity contribution in [3.63, 3.8) is 0 Å². The SMILES string of the molecule is CC(C)[C@H](CC(=O)CCOCc1cn(C(C)(C)C)nn1)C(=O)N[C@@H](CCCNC(N)=O)C(=O)Cc1ccc(COC(=O)N(C)CCN(C)C(=O)OC(C)(C)C)cc1. The summed E-state index contributed by atoms with van der Waals surface area (Å²) in [5.41, 5.74) is 6.39. The topological polar surface area (TPSA) is 217 Å². The van der Waals surface area contributed by atoms with Gasteiger partial charge in [0, 0.05) is 58.9 Å². The first kappa shape index (κ1) is 48.1. The maximum absolute atomic E-state index is 13.6. The Balaban J connectivity index is 1.94. The van der Waals surface area contributed by atoms with E-state index in [2.05, 4.69) is 20.9 Å². The van der Waals surface area contributed by atoms with Gasteiger partial charge in [-0.1, -0.05) is 43.3 Å². The lowest BCUT2D eigenvalue weighted by Gasteiger charge is -2.26. The molecular formula is C40H64N8O9. The number of nitrogens with zero attached hydrogens (tertiary/aromatic N) is 5. The van der Waals surface area contributed by atoms with E-state index in [-0.39, 0.29) is 88.2 Å². The highest BCUT2D eigenvalue weighted by atomic mass is 16.6. The number of ketones is 2. The minimum Gasteiger partial charge on any atom is -0.445 e. The molecule has 0 unspecified atom stereocenters. The van der Waals surface area contributed by atoms with Crippen LogP contribution in [0.3, 0.4) is 0 Å². The first-order valence-corrected chi connectivity index (χ1v) is 19.3. The summed E-state index contributed by atoms with van der Waals surface area (Å²) in [6.45, 7) is 16.1. The molecule has 0 radical (unpaired) electrons. The number of aromatic nitrogens is 3. The van der Waals surface area contributed by atoms with Gasteiger partial charge >= 0.3 is 18.2 Å². The van der Waals surface area contributed by atoms with Crippen LogP contribution in [0.25, 0.3) is 0 Å². The van der Waals surface area contributed by atoms with Crippen molar-refractivity contribution in [2.75, 3.05) is 40.3 Å². The van der Waals surface area contributed by atoms with E-state index in [0.717, 1.165) is 0 Å². The molecule has 0 saturated heterocycles. The number of urea groups is 1. The van der Waals surface area contributed by atoms with Crippen molar-refractivity contribution in [1.29, 1.82) is 0 Å². The van der Waals surface area contributed by atoms with Gasteiger partial charge in [0.05, 0.1) is 31.0 Å². The number of Topliss-reactive ketones (excluding diaryl/α,β-unsaturated/α-hetero) is 2. The van der Waals surface area contributed by atoms with Crippen molar-refractivity contribution in [1.82, 2.24) is 35.4 Å². The minimum absolute atomic E-state index is 0.00735. The third-order valence-electron chi connectivity index (χ3n) is 8.82. The van der Waals surface area contributed by atoms with Gasteiger partial charge in [0.1, 0.15) is 23.7 Å². The van der Waals surface area contributed by atoms with E-state index in [0.29, 0.717) is 23.2 Å². The van der Waals surface area contributed by atoms with Gasteiger partial charge in [0.15, 0.2) is 5.78 Å². The fraction of sp³-hybridized carbons (Fsp3) is 0.650. The van der Waals surface area contributed by atoms with E-state index in [1.807, 2.05) is 34.6 Å². The highest BCUT2D eigenvalue weighted by Gasteiger charge is 2.29. The summed E-state index contributed by atoms with van der Waals surface area (Å²) in [5, 5.41) is 13.6. The Morgan fingerprint density at radius 1 is 0.895 bits per heavy atom. The number of nitrogens with one attached hydrogen (secondary N) is 2. The molecule has 2 rings (SSSR count). The summed E-state index contributed by atoms with van der Waals surface area (Å²) in [4.78, 5) is 78.8. The number of ether oxygens (including phenoxy) is 3. The molecule has 1 aromatic heterocycles. The molecule has 1 heterocycles. The van der Waals surface area contributed by atoms with Crippen LogP contribution in [0.2, 0.25) is 0 Å². The summed E-state index contributed by atoms with van der Waals surface area (Å²) in [6.07, 6.45) is 1.48. The number of carbonyl (C=O) groups is 6. The van der Waals surface area contributed by atoms with E-state index in [4.69, 9.17) is 19.9 Å². The Bertz CT molecular complexity index is 1630. The first-order chi connectivity index (χ1) is 26.5. The van der Waals surface area contributed by atoms with Crippen molar-refractivity contribution >= 4 is 35.7 Å². The number of hydrogen-bond donors (Lipinski definition) is 3. The number of rotatable bonds is 22. The molecule has 0 saturated carbocycles. The predicted octanol–water partition coefficient (Wildman–Crippen LogP) is 4.35. The van der Waals surface area contributed by atoms with Gasteiger partial charge in [-0.05, 0) is 71.4 Å². The molecule has 2 atom stereocenters. The van der Waals surface area contributed by atoms with E-state index in [9.17, 15) is 28.8 Å². The second kappa shape index (κ2) is 22.6. The van der Waals surface area contributed by atoms with Crippen LogP contribution in [-0.4, -0.2) is 112 Å². The highest BCUT2D eigenvalue weighted by Crippen LogP contribution is 2.19. The van der Waals surface area contributed by atoms with Gasteiger partial charge < -0.3 is 40.4 Å². The molecule has 0 aliphatic carbocycles. The average Bonchev–Trinajstić information content (AvgIpc) is 3.61. The first-order valence-electron chi connectivity index (χ1n) is 19.3. The quantitative estimate of drug-likeness (QED) is 0.142. The van der Waals surface area contributed by atoms with Gasteiger partial charge in [-0.3, -0.25) is 14.4 Å². The van der Waals surface area contributed by atoms with E-state index in [1.165, 1.54) is 9.80 Å². The molecule has 0 fully saturated rings. The Kier molecular flexibility index (Phi) is 19.1. The van der Waals surface area contributed by atoms with E-state index >= 15 is 0 Å². The third-order valence-corrected chi connectivity index (χ3v) is 8.82. The second-order valence-electron chi connectivity index (χ2n) is 16.6. The summed E-state index contributed by atoms with van der Waals surface area (Å²) < 4.78 is 18.2. The monoisotopic (exact) mass is 800 g/mol. The van der Waals surface area contributed by atoms with Crippen LogP contribution in [-0.2, 0) is 53.8 Å². The summed E-state index contributed by atoms with van der Waals surface area (Å²) in [6, 6.07) is 5.42. The lowest BCUT2D eigenvalue weighted by Crippen LogP contribution is -2.46.